The van der Waals surface area contributed by atoms with E-state index in [0.29, 0.717) is 23.5 Å². The van der Waals surface area contributed by atoms with E-state index in [1.165, 1.54) is 0 Å². The number of nitrogens with two attached hydrogens (primary N) is 1. The van der Waals surface area contributed by atoms with Crippen LogP contribution in [0.25, 0.3) is 5.69 Å². The van der Waals surface area contributed by atoms with Gasteiger partial charge in [0.15, 0.2) is 0 Å². The second-order valence-electron chi connectivity index (χ2n) is 7.98. The zero-order valence-electron chi connectivity index (χ0n) is 17.8. The smallest absolute Gasteiger partial charge is 0.259 e. The summed E-state index contributed by atoms with van der Waals surface area (Å²) in [4.78, 5) is 26.8. The van der Waals surface area contributed by atoms with Crippen molar-refractivity contribution in [2.24, 2.45) is 5.73 Å². The van der Waals surface area contributed by atoms with E-state index in [2.05, 4.69) is 15.3 Å². The summed E-state index contributed by atoms with van der Waals surface area (Å²) in [5.41, 5.74) is 10.2. The van der Waals surface area contributed by atoms with Crippen LogP contribution in [0.4, 0.5) is 5.69 Å². The molecule has 7 heteroatoms. The third-order valence-corrected chi connectivity index (χ3v) is 5.78. The van der Waals surface area contributed by atoms with Gasteiger partial charge in [0.2, 0.25) is 5.91 Å². The predicted molar refractivity (Wildman–Crippen MR) is 120 cm³/mol. The Kier molecular flexibility index (Phi) is 5.86. The van der Waals surface area contributed by atoms with Crippen LogP contribution < -0.4 is 11.1 Å². The molecular formula is C24H27N5O2. The molecule has 1 aliphatic rings. The van der Waals surface area contributed by atoms with Gasteiger partial charge in [0.25, 0.3) is 5.91 Å². The normalized spacial score (nSPS) is 16.4. The first kappa shape index (κ1) is 20.8. The molecule has 0 aliphatic carbocycles. The fourth-order valence-corrected chi connectivity index (χ4v) is 4.31. The van der Waals surface area contributed by atoms with Gasteiger partial charge in [0.1, 0.15) is 0 Å². The maximum atomic E-state index is 13.1. The topological polar surface area (TPSA) is 93.2 Å². The molecule has 1 saturated heterocycles. The number of aromatic nitrogens is 2. The van der Waals surface area contributed by atoms with Crippen LogP contribution >= 0.6 is 0 Å². The van der Waals surface area contributed by atoms with Crippen molar-refractivity contribution < 1.29 is 9.59 Å². The van der Waals surface area contributed by atoms with Crippen LogP contribution in [0.5, 0.6) is 0 Å². The molecule has 0 bridgehead atoms. The molecule has 0 spiro atoms. The highest BCUT2D eigenvalue weighted by atomic mass is 16.2. The number of anilines is 1. The van der Waals surface area contributed by atoms with Gasteiger partial charge in [0, 0.05) is 12.2 Å². The number of para-hydroxylation sites is 1. The number of primary amides is 1. The van der Waals surface area contributed by atoms with E-state index >= 15 is 0 Å². The lowest BCUT2D eigenvalue weighted by Crippen LogP contribution is -2.39. The molecule has 31 heavy (non-hydrogen) atoms. The molecule has 3 aromatic rings. The summed E-state index contributed by atoms with van der Waals surface area (Å²) in [7, 11) is 0. The van der Waals surface area contributed by atoms with Crippen molar-refractivity contribution in [2.45, 2.75) is 39.3 Å². The molecule has 2 amide bonds. The maximum Gasteiger partial charge on any atom is 0.259 e. The van der Waals surface area contributed by atoms with E-state index in [-0.39, 0.29) is 17.9 Å². The lowest BCUT2D eigenvalue weighted by molar-refractivity contribution is -0.122. The summed E-state index contributed by atoms with van der Waals surface area (Å²) in [5, 5.41) is 7.56. The largest absolute Gasteiger partial charge is 0.368 e. The van der Waals surface area contributed by atoms with E-state index in [0.717, 1.165) is 36.3 Å². The molecule has 1 aliphatic heterocycles. The molecule has 1 atom stereocenters. The third-order valence-electron chi connectivity index (χ3n) is 5.78. The molecule has 3 N–H and O–H groups in total. The van der Waals surface area contributed by atoms with Crippen molar-refractivity contribution in [1.29, 1.82) is 0 Å². The van der Waals surface area contributed by atoms with Gasteiger partial charge in [-0.15, -0.1) is 0 Å². The highest BCUT2D eigenvalue weighted by Crippen LogP contribution is 2.23. The van der Waals surface area contributed by atoms with Crippen LogP contribution in [0.3, 0.4) is 0 Å². The number of likely N-dealkylation sites (tertiary alicyclic amines) is 1. The quantitative estimate of drug-likeness (QED) is 0.644. The number of nitrogens with zero attached hydrogens (tertiary/aromatic N) is 3. The number of amides is 2. The second kappa shape index (κ2) is 8.73. The van der Waals surface area contributed by atoms with Gasteiger partial charge in [-0.1, -0.05) is 30.3 Å². The molecular weight excluding hydrogens is 390 g/mol. The summed E-state index contributed by atoms with van der Waals surface area (Å²) in [5.74, 6) is -0.464. The first-order valence-electron chi connectivity index (χ1n) is 10.5. The molecule has 0 radical (unpaired) electrons. The van der Waals surface area contributed by atoms with Crippen LogP contribution in [0.1, 0.15) is 40.2 Å². The van der Waals surface area contributed by atoms with Crippen LogP contribution in [0.15, 0.2) is 54.6 Å². The van der Waals surface area contributed by atoms with Crippen LogP contribution in [0.2, 0.25) is 0 Å². The van der Waals surface area contributed by atoms with Gasteiger partial charge < -0.3 is 11.1 Å². The molecule has 160 valence electrons. The highest BCUT2D eigenvalue weighted by molar-refractivity contribution is 6.06. The summed E-state index contributed by atoms with van der Waals surface area (Å²) in [6, 6.07) is 17.3. The van der Waals surface area contributed by atoms with Crippen molar-refractivity contribution in [3.63, 3.8) is 0 Å². The minimum Gasteiger partial charge on any atom is -0.368 e. The Bertz CT molecular complexity index is 1110. The summed E-state index contributed by atoms with van der Waals surface area (Å²) < 4.78 is 1.79. The Morgan fingerprint density at radius 2 is 1.90 bits per heavy atom. The molecule has 1 aromatic heterocycles. The van der Waals surface area contributed by atoms with E-state index < -0.39 is 0 Å². The number of aryl methyl sites for hydroxylation is 1. The number of carbonyl (C=O) groups excluding carboxylic acids is 2. The third kappa shape index (κ3) is 4.36. The Hall–Kier alpha value is -3.45. The van der Waals surface area contributed by atoms with E-state index in [4.69, 9.17) is 5.73 Å². The van der Waals surface area contributed by atoms with Gasteiger partial charge in [-0.2, -0.15) is 5.10 Å². The average Bonchev–Trinajstić information content (AvgIpc) is 3.33. The minimum atomic E-state index is -0.275. The van der Waals surface area contributed by atoms with Crippen molar-refractivity contribution in [3.8, 4) is 5.69 Å². The molecule has 4 rings (SSSR count). The number of benzene rings is 2. The van der Waals surface area contributed by atoms with E-state index in [1.807, 2.05) is 68.4 Å². The van der Waals surface area contributed by atoms with Crippen molar-refractivity contribution >= 4 is 17.5 Å². The Morgan fingerprint density at radius 1 is 1.13 bits per heavy atom. The van der Waals surface area contributed by atoms with Crippen LogP contribution in [-0.4, -0.2) is 39.1 Å². The molecule has 7 nitrogen and oxygen atoms in total. The standard InChI is InChI=1S/C24H27N5O2/c1-16-22(17(2)29(27-16)20-10-4-3-5-11-20)24(31)26-19-9-6-8-18(14-19)15-28-13-7-12-21(28)23(25)30/h3-6,8-11,14,21H,7,12-13,15H2,1-2H3,(H2,25,30)(H,26,31). The minimum absolute atomic E-state index is 0.189. The zero-order valence-corrected chi connectivity index (χ0v) is 17.8. The van der Waals surface area contributed by atoms with Crippen molar-refractivity contribution in [1.82, 2.24) is 14.7 Å². The van der Waals surface area contributed by atoms with E-state index in [1.54, 1.807) is 4.68 Å². The highest BCUT2D eigenvalue weighted by Gasteiger charge is 2.28. The van der Waals surface area contributed by atoms with E-state index in [9.17, 15) is 9.59 Å². The Morgan fingerprint density at radius 3 is 2.65 bits per heavy atom. The first-order chi connectivity index (χ1) is 14.9. The van der Waals surface area contributed by atoms with Gasteiger partial charge in [-0.25, -0.2) is 4.68 Å². The number of hydrogen-bond donors (Lipinski definition) is 2. The van der Waals surface area contributed by atoms with Gasteiger partial charge in [0.05, 0.1) is 28.7 Å². The zero-order chi connectivity index (χ0) is 22.0. The molecule has 2 aromatic carbocycles. The predicted octanol–water partition coefficient (Wildman–Crippen LogP) is 3.19. The fourth-order valence-electron chi connectivity index (χ4n) is 4.31. The first-order valence-corrected chi connectivity index (χ1v) is 10.5. The number of carbonyl (C=O) groups is 2. The Balaban J connectivity index is 1.51. The molecule has 1 unspecified atom stereocenters. The van der Waals surface area contributed by atoms with Gasteiger partial charge >= 0.3 is 0 Å². The van der Waals surface area contributed by atoms with Gasteiger partial charge in [-0.05, 0) is 63.1 Å². The SMILES string of the molecule is Cc1nn(-c2ccccc2)c(C)c1C(=O)Nc1cccc(CN2CCCC2C(N)=O)c1. The van der Waals surface area contributed by atoms with Crippen molar-refractivity contribution in [3.05, 3.63) is 77.1 Å². The van der Waals surface area contributed by atoms with Crippen LogP contribution in [0, 0.1) is 13.8 Å². The molecule has 2 heterocycles. The van der Waals surface area contributed by atoms with Crippen LogP contribution in [-0.2, 0) is 11.3 Å². The lowest BCUT2D eigenvalue weighted by Gasteiger charge is -2.22. The maximum absolute atomic E-state index is 13.1. The number of rotatable bonds is 6. The monoisotopic (exact) mass is 417 g/mol. The summed E-state index contributed by atoms with van der Waals surface area (Å²) >= 11 is 0. The summed E-state index contributed by atoms with van der Waals surface area (Å²) in [6.45, 7) is 5.22. The fraction of sp³-hybridized carbons (Fsp3) is 0.292. The van der Waals surface area contributed by atoms with Crippen molar-refractivity contribution in [2.75, 3.05) is 11.9 Å². The number of hydrogen-bond acceptors (Lipinski definition) is 4. The Labute approximate surface area is 181 Å². The average molecular weight is 418 g/mol. The molecule has 0 saturated carbocycles. The molecule has 1 fully saturated rings. The second-order valence-corrected chi connectivity index (χ2v) is 7.98. The summed E-state index contributed by atoms with van der Waals surface area (Å²) in [6.07, 6.45) is 1.77. The van der Waals surface area contributed by atoms with Gasteiger partial charge in [-0.3, -0.25) is 14.5 Å². The number of nitrogens with one attached hydrogen (secondary N) is 1. The lowest BCUT2D eigenvalue weighted by atomic mass is 10.1.